The predicted molar refractivity (Wildman–Crippen MR) is 114 cm³/mol. The number of ether oxygens (including phenoxy) is 5. The highest BCUT2D eigenvalue weighted by Gasteiger charge is 2.41. The monoisotopic (exact) mass is 546 g/mol. The maximum atomic E-state index is 12.7. The molecule has 0 aromatic rings. The number of halogens is 2. The van der Waals surface area contributed by atoms with Crippen molar-refractivity contribution < 1.29 is 38.1 Å². The third-order valence-electron chi connectivity index (χ3n) is 3.71. The van der Waals surface area contributed by atoms with Crippen LogP contribution in [0.3, 0.4) is 0 Å². The summed E-state index contributed by atoms with van der Waals surface area (Å²) in [5, 5.41) is 0. The van der Waals surface area contributed by atoms with Crippen LogP contribution in [0.4, 0.5) is 0 Å². The Morgan fingerprint density at radius 3 is 1.62 bits per heavy atom. The van der Waals surface area contributed by atoms with Gasteiger partial charge in [0, 0.05) is 20.1 Å². The Morgan fingerprint density at radius 2 is 1.28 bits per heavy atom. The summed E-state index contributed by atoms with van der Waals surface area (Å²) in [4.78, 5) is 36.9. The van der Waals surface area contributed by atoms with Crippen molar-refractivity contribution in [3.8, 4) is 0 Å². The summed E-state index contributed by atoms with van der Waals surface area (Å²) in [6.07, 6.45) is -0.174. The van der Waals surface area contributed by atoms with Crippen LogP contribution in [0.25, 0.3) is 0 Å². The van der Waals surface area contributed by atoms with Crippen LogP contribution in [0.15, 0.2) is 0 Å². The Bertz CT molecular complexity index is 521. The third kappa shape index (κ3) is 10.8. The second-order valence-corrected chi connectivity index (χ2v) is 11.7. The maximum absolute atomic E-state index is 12.7. The van der Waals surface area contributed by atoms with Crippen LogP contribution in [0.1, 0.15) is 48.0 Å². The molecule has 0 aromatic carbocycles. The van der Waals surface area contributed by atoms with Crippen molar-refractivity contribution in [3.05, 3.63) is 0 Å². The van der Waals surface area contributed by atoms with Crippen molar-refractivity contribution in [2.45, 2.75) is 62.9 Å². The van der Waals surface area contributed by atoms with Crippen LogP contribution in [-0.2, 0) is 38.1 Å². The zero-order valence-corrected chi connectivity index (χ0v) is 21.3. The van der Waals surface area contributed by atoms with E-state index in [4.69, 9.17) is 23.7 Å². The largest absolute Gasteiger partial charge is 0.465 e. The average molecular weight is 548 g/mol. The number of methoxy groups -OCH3 is 1. The molecule has 0 saturated heterocycles. The van der Waals surface area contributed by atoms with E-state index in [0.29, 0.717) is 13.0 Å². The van der Waals surface area contributed by atoms with E-state index in [-0.39, 0.29) is 19.8 Å². The van der Waals surface area contributed by atoms with Crippen LogP contribution in [0.2, 0.25) is 0 Å². The van der Waals surface area contributed by atoms with Gasteiger partial charge in [-0.1, -0.05) is 31.9 Å². The maximum Gasteiger partial charge on any atom is 0.322 e. The molecule has 8 nitrogen and oxygen atoms in total. The first kappa shape index (κ1) is 28.3. The molecule has 0 aromatic heterocycles. The van der Waals surface area contributed by atoms with Crippen molar-refractivity contribution in [3.63, 3.8) is 0 Å². The highest BCUT2D eigenvalue weighted by atomic mass is 79.9. The fraction of sp³-hybridized carbons (Fsp3) is 0.842. The molecule has 1 unspecified atom stereocenters. The summed E-state index contributed by atoms with van der Waals surface area (Å²) in [6, 6.07) is 0. The smallest absolute Gasteiger partial charge is 0.322 e. The molecular formula is C19H32Br2O8. The Kier molecular flexibility index (Phi) is 11.9. The Labute approximate surface area is 189 Å². The molecule has 0 aliphatic heterocycles. The van der Waals surface area contributed by atoms with Gasteiger partial charge in [-0.3, -0.25) is 14.4 Å². The number of carbonyl (C=O) groups is 3. The van der Waals surface area contributed by atoms with E-state index in [1.165, 1.54) is 14.0 Å². The van der Waals surface area contributed by atoms with E-state index >= 15 is 0 Å². The molecule has 10 heteroatoms. The van der Waals surface area contributed by atoms with Crippen molar-refractivity contribution in [2.24, 2.45) is 5.41 Å². The standard InChI is InChI=1S/C19H32Br2O8/c1-8-26-13(25-7)9-10-27-16(24)19(6,11-28-14(22)17(2,3)20)12-29-15(23)18(4,5)21/h13H,8-12H2,1-7H3. The van der Waals surface area contributed by atoms with Gasteiger partial charge in [0.15, 0.2) is 6.29 Å². The van der Waals surface area contributed by atoms with E-state index in [2.05, 4.69) is 31.9 Å². The van der Waals surface area contributed by atoms with Gasteiger partial charge in [0.2, 0.25) is 0 Å². The molecule has 29 heavy (non-hydrogen) atoms. The van der Waals surface area contributed by atoms with Gasteiger partial charge in [-0.05, 0) is 41.5 Å². The van der Waals surface area contributed by atoms with Gasteiger partial charge in [0.25, 0.3) is 0 Å². The minimum atomic E-state index is -1.38. The number of hydrogen-bond donors (Lipinski definition) is 0. The second-order valence-electron chi connectivity index (χ2n) is 7.70. The number of rotatable bonds is 13. The van der Waals surface area contributed by atoms with Crippen LogP contribution < -0.4 is 0 Å². The fourth-order valence-corrected chi connectivity index (χ4v) is 2.06. The van der Waals surface area contributed by atoms with Crippen molar-refractivity contribution in [2.75, 3.05) is 33.5 Å². The van der Waals surface area contributed by atoms with Gasteiger partial charge in [0.05, 0.1) is 6.61 Å². The summed E-state index contributed by atoms with van der Waals surface area (Å²) in [5.41, 5.74) is -1.38. The molecule has 0 fully saturated rings. The van der Waals surface area contributed by atoms with Crippen LogP contribution in [0, 0.1) is 5.41 Å². The highest BCUT2D eigenvalue weighted by Crippen LogP contribution is 2.26. The molecule has 0 bridgehead atoms. The van der Waals surface area contributed by atoms with E-state index in [1.807, 2.05) is 6.92 Å². The third-order valence-corrected chi connectivity index (χ3v) is 4.36. The van der Waals surface area contributed by atoms with E-state index in [9.17, 15) is 14.4 Å². The molecule has 1 atom stereocenters. The number of alkyl halides is 2. The second kappa shape index (κ2) is 12.2. The lowest BCUT2D eigenvalue weighted by Crippen LogP contribution is -2.43. The fourth-order valence-electron chi connectivity index (χ4n) is 1.83. The van der Waals surface area contributed by atoms with Gasteiger partial charge in [-0.2, -0.15) is 0 Å². The zero-order valence-electron chi connectivity index (χ0n) is 18.1. The normalized spacial score (nSPS) is 13.6. The summed E-state index contributed by atoms with van der Waals surface area (Å²) in [6.45, 7) is 9.69. The summed E-state index contributed by atoms with van der Waals surface area (Å²) in [7, 11) is 1.50. The molecule has 0 amide bonds. The van der Waals surface area contributed by atoms with Gasteiger partial charge < -0.3 is 23.7 Å². The molecule has 0 saturated carbocycles. The minimum absolute atomic E-state index is 0.0305. The van der Waals surface area contributed by atoms with Crippen molar-refractivity contribution >= 4 is 49.8 Å². The first-order chi connectivity index (χ1) is 13.2. The number of esters is 3. The lowest BCUT2D eigenvalue weighted by molar-refractivity contribution is -0.174. The SMILES string of the molecule is CCOC(CCOC(=O)C(C)(COC(=O)C(C)(C)Br)COC(=O)C(C)(C)Br)OC. The molecule has 0 radical (unpaired) electrons. The average Bonchev–Trinajstić information content (AvgIpc) is 2.61. The lowest BCUT2D eigenvalue weighted by Gasteiger charge is -2.29. The van der Waals surface area contributed by atoms with Crippen LogP contribution >= 0.6 is 31.9 Å². The molecule has 0 aliphatic rings. The molecular weight excluding hydrogens is 516 g/mol. The number of hydrogen-bond acceptors (Lipinski definition) is 8. The molecule has 0 heterocycles. The zero-order chi connectivity index (χ0) is 22.9. The molecule has 0 rings (SSSR count). The van der Waals surface area contributed by atoms with Crippen molar-refractivity contribution in [1.29, 1.82) is 0 Å². The molecule has 0 N–H and O–H groups in total. The quantitative estimate of drug-likeness (QED) is 0.150. The molecule has 170 valence electrons. The lowest BCUT2D eigenvalue weighted by atomic mass is 9.93. The topological polar surface area (TPSA) is 97.4 Å². The molecule has 0 aliphatic carbocycles. The predicted octanol–water partition coefficient (Wildman–Crippen LogP) is 3.37. The van der Waals surface area contributed by atoms with Crippen molar-refractivity contribution in [1.82, 2.24) is 0 Å². The van der Waals surface area contributed by atoms with E-state index < -0.39 is 38.3 Å². The number of carbonyl (C=O) groups excluding carboxylic acids is 3. The van der Waals surface area contributed by atoms with E-state index in [0.717, 1.165) is 0 Å². The van der Waals surface area contributed by atoms with Gasteiger partial charge in [-0.25, -0.2) is 0 Å². The summed E-state index contributed by atoms with van der Waals surface area (Å²) in [5.74, 6) is -1.77. The Hall–Kier alpha value is -0.710. The van der Waals surface area contributed by atoms with Gasteiger partial charge in [0.1, 0.15) is 27.3 Å². The highest BCUT2D eigenvalue weighted by molar-refractivity contribution is 9.10. The van der Waals surface area contributed by atoms with Gasteiger partial charge >= 0.3 is 17.9 Å². The first-order valence-electron chi connectivity index (χ1n) is 9.21. The minimum Gasteiger partial charge on any atom is -0.465 e. The van der Waals surface area contributed by atoms with E-state index in [1.54, 1.807) is 27.7 Å². The van der Waals surface area contributed by atoms with Crippen LogP contribution in [-0.4, -0.2) is 66.4 Å². The Balaban J connectivity index is 5.11. The molecule has 0 spiro atoms. The first-order valence-corrected chi connectivity index (χ1v) is 10.8. The van der Waals surface area contributed by atoms with Crippen LogP contribution in [0.5, 0.6) is 0 Å². The summed E-state index contributed by atoms with van der Waals surface area (Å²) >= 11 is 6.41. The van der Waals surface area contributed by atoms with Gasteiger partial charge in [-0.15, -0.1) is 0 Å². The Morgan fingerprint density at radius 1 is 0.828 bits per heavy atom. The summed E-state index contributed by atoms with van der Waals surface area (Å²) < 4.78 is 24.4.